The summed E-state index contributed by atoms with van der Waals surface area (Å²) >= 11 is 0. The van der Waals surface area contributed by atoms with Gasteiger partial charge in [-0.15, -0.1) is 0 Å². The van der Waals surface area contributed by atoms with Crippen LogP contribution in [0.2, 0.25) is 0 Å². The number of piperidine rings is 1. The Morgan fingerprint density at radius 3 is 2.36 bits per heavy atom. The zero-order chi connectivity index (χ0) is 17.5. The molecule has 25 heavy (non-hydrogen) atoms. The number of urea groups is 1. The Bertz CT molecular complexity index is 656. The third-order valence-corrected chi connectivity index (χ3v) is 4.82. The molecule has 0 aromatic carbocycles. The van der Waals surface area contributed by atoms with Crippen LogP contribution in [0.15, 0.2) is 49.1 Å². The van der Waals surface area contributed by atoms with Gasteiger partial charge in [0.1, 0.15) is 0 Å². The molecule has 0 unspecified atom stereocenters. The lowest BCUT2D eigenvalue weighted by molar-refractivity contribution is 0.142. The minimum atomic E-state index is -0.0542. The molecule has 0 aliphatic carbocycles. The van der Waals surface area contributed by atoms with Gasteiger partial charge in [0.05, 0.1) is 0 Å². The van der Waals surface area contributed by atoms with Crippen LogP contribution >= 0.6 is 0 Å². The quantitative estimate of drug-likeness (QED) is 0.910. The summed E-state index contributed by atoms with van der Waals surface area (Å²) in [4.78, 5) is 24.7. The third kappa shape index (κ3) is 5.00. The first-order chi connectivity index (χ1) is 12.2. The number of aromatic nitrogens is 2. The van der Waals surface area contributed by atoms with Crippen LogP contribution in [0.25, 0.3) is 0 Å². The zero-order valence-corrected chi connectivity index (χ0v) is 14.6. The van der Waals surface area contributed by atoms with Crippen molar-refractivity contribution >= 4 is 11.7 Å². The van der Waals surface area contributed by atoms with E-state index in [9.17, 15) is 4.79 Å². The summed E-state index contributed by atoms with van der Waals surface area (Å²) in [5.41, 5.74) is 2.10. The minimum Gasteiger partial charge on any atom is -0.325 e. The van der Waals surface area contributed by atoms with E-state index in [4.69, 9.17) is 0 Å². The minimum absolute atomic E-state index is 0.0542. The lowest BCUT2D eigenvalue weighted by atomic mass is 10.0. The fourth-order valence-corrected chi connectivity index (χ4v) is 3.18. The highest BCUT2D eigenvalue weighted by Gasteiger charge is 2.25. The van der Waals surface area contributed by atoms with Gasteiger partial charge in [0.15, 0.2) is 0 Å². The molecule has 3 rings (SSSR count). The molecular formula is C19H25N5O. The van der Waals surface area contributed by atoms with Gasteiger partial charge >= 0.3 is 6.03 Å². The first kappa shape index (κ1) is 17.4. The van der Waals surface area contributed by atoms with Crippen LogP contribution in [0, 0.1) is 0 Å². The number of carbonyl (C=O) groups excluding carboxylic acids is 1. The van der Waals surface area contributed by atoms with Crippen LogP contribution in [0.5, 0.6) is 0 Å². The largest absolute Gasteiger partial charge is 0.325 e. The number of hydrogen-bond acceptors (Lipinski definition) is 4. The van der Waals surface area contributed by atoms with Crippen molar-refractivity contribution < 1.29 is 4.79 Å². The Hall–Kier alpha value is -2.47. The van der Waals surface area contributed by atoms with Crippen LogP contribution in [0.1, 0.15) is 18.4 Å². The summed E-state index contributed by atoms with van der Waals surface area (Å²) in [5.74, 6) is 0. The smallest absolute Gasteiger partial charge is 0.321 e. The number of nitrogens with zero attached hydrogens (tertiary/aromatic N) is 4. The average Bonchev–Trinajstić information content (AvgIpc) is 2.68. The second-order valence-corrected chi connectivity index (χ2v) is 6.46. The molecule has 2 aromatic heterocycles. The van der Waals surface area contributed by atoms with E-state index in [-0.39, 0.29) is 6.03 Å². The number of carbonyl (C=O) groups is 1. The summed E-state index contributed by atoms with van der Waals surface area (Å²) in [5, 5.41) is 2.92. The molecule has 1 saturated heterocycles. The molecular weight excluding hydrogens is 314 g/mol. The van der Waals surface area contributed by atoms with Crippen molar-refractivity contribution in [1.82, 2.24) is 19.8 Å². The topological polar surface area (TPSA) is 61.4 Å². The standard InChI is InChI=1S/C19H25N5O/c1-23(19(25)22-17-4-11-21-12-5-17)18-7-14-24(15-8-18)13-6-16-2-9-20-10-3-16/h2-5,9-12,18H,6-8,13-15H2,1H3,(H,21,22,25). The van der Waals surface area contributed by atoms with Gasteiger partial charge in [0, 0.05) is 63.2 Å². The van der Waals surface area contributed by atoms with E-state index < -0.39 is 0 Å². The number of anilines is 1. The molecule has 0 atom stereocenters. The maximum atomic E-state index is 12.4. The van der Waals surface area contributed by atoms with Gasteiger partial charge in [-0.25, -0.2) is 4.79 Å². The number of pyridine rings is 2. The van der Waals surface area contributed by atoms with Gasteiger partial charge < -0.3 is 15.1 Å². The van der Waals surface area contributed by atoms with Crippen molar-refractivity contribution in [3.63, 3.8) is 0 Å². The summed E-state index contributed by atoms with van der Waals surface area (Å²) in [6.07, 6.45) is 10.1. The zero-order valence-electron chi connectivity index (χ0n) is 14.6. The predicted octanol–water partition coefficient (Wildman–Crippen LogP) is 2.65. The van der Waals surface area contributed by atoms with Crippen LogP contribution < -0.4 is 5.32 Å². The molecule has 6 nitrogen and oxygen atoms in total. The number of amides is 2. The van der Waals surface area contributed by atoms with Crippen LogP contribution in [-0.4, -0.2) is 58.5 Å². The molecule has 1 aliphatic heterocycles. The Kier molecular flexibility index (Phi) is 5.95. The fourth-order valence-electron chi connectivity index (χ4n) is 3.18. The summed E-state index contributed by atoms with van der Waals surface area (Å²) in [6, 6.07) is 7.98. The van der Waals surface area contributed by atoms with E-state index in [2.05, 4.69) is 32.3 Å². The fraction of sp³-hybridized carbons (Fsp3) is 0.421. The second kappa shape index (κ2) is 8.58. The molecule has 1 N–H and O–H groups in total. The summed E-state index contributed by atoms with van der Waals surface area (Å²) < 4.78 is 0. The Balaban J connectivity index is 1.42. The van der Waals surface area contributed by atoms with Crippen molar-refractivity contribution in [3.8, 4) is 0 Å². The molecule has 6 heteroatoms. The van der Waals surface area contributed by atoms with E-state index in [1.165, 1.54) is 5.56 Å². The molecule has 3 heterocycles. The first-order valence-electron chi connectivity index (χ1n) is 8.77. The van der Waals surface area contributed by atoms with Crippen molar-refractivity contribution in [2.45, 2.75) is 25.3 Å². The van der Waals surface area contributed by atoms with E-state index in [1.807, 2.05) is 24.3 Å². The predicted molar refractivity (Wildman–Crippen MR) is 98.4 cm³/mol. The van der Waals surface area contributed by atoms with Crippen LogP contribution in [0.4, 0.5) is 10.5 Å². The van der Waals surface area contributed by atoms with Crippen molar-refractivity contribution in [2.75, 3.05) is 32.0 Å². The van der Waals surface area contributed by atoms with E-state index in [0.717, 1.165) is 44.6 Å². The summed E-state index contributed by atoms with van der Waals surface area (Å²) in [7, 11) is 1.88. The highest BCUT2D eigenvalue weighted by atomic mass is 16.2. The van der Waals surface area contributed by atoms with Crippen molar-refractivity contribution in [3.05, 3.63) is 54.6 Å². The Morgan fingerprint density at radius 1 is 1.12 bits per heavy atom. The lowest BCUT2D eigenvalue weighted by Gasteiger charge is -2.36. The molecule has 132 valence electrons. The monoisotopic (exact) mass is 339 g/mol. The first-order valence-corrected chi connectivity index (χ1v) is 8.77. The van der Waals surface area contributed by atoms with Gasteiger partial charge in [0.2, 0.25) is 0 Å². The molecule has 0 radical (unpaired) electrons. The average molecular weight is 339 g/mol. The SMILES string of the molecule is CN(C(=O)Nc1ccncc1)C1CCN(CCc2ccncc2)CC1. The second-order valence-electron chi connectivity index (χ2n) is 6.46. The number of likely N-dealkylation sites (tertiary alicyclic amines) is 1. The van der Waals surface area contributed by atoms with Gasteiger partial charge in [-0.2, -0.15) is 0 Å². The number of hydrogen-bond donors (Lipinski definition) is 1. The number of rotatable bonds is 5. The molecule has 2 amide bonds. The molecule has 1 fully saturated rings. The van der Waals surface area contributed by atoms with E-state index in [0.29, 0.717) is 6.04 Å². The third-order valence-electron chi connectivity index (χ3n) is 4.82. The highest BCUT2D eigenvalue weighted by molar-refractivity contribution is 5.89. The molecule has 0 spiro atoms. The molecule has 2 aromatic rings. The maximum Gasteiger partial charge on any atom is 0.321 e. The number of nitrogens with one attached hydrogen (secondary N) is 1. The Labute approximate surface area is 148 Å². The molecule has 1 aliphatic rings. The maximum absolute atomic E-state index is 12.4. The lowest BCUT2D eigenvalue weighted by Crippen LogP contribution is -2.47. The van der Waals surface area contributed by atoms with Crippen LogP contribution in [0.3, 0.4) is 0 Å². The van der Waals surface area contributed by atoms with Gasteiger partial charge in [-0.1, -0.05) is 0 Å². The van der Waals surface area contributed by atoms with Gasteiger partial charge in [0.25, 0.3) is 0 Å². The van der Waals surface area contributed by atoms with E-state index in [1.54, 1.807) is 24.5 Å². The summed E-state index contributed by atoms with van der Waals surface area (Å²) in [6.45, 7) is 3.12. The van der Waals surface area contributed by atoms with Gasteiger partial charge in [-0.05, 0) is 49.1 Å². The van der Waals surface area contributed by atoms with E-state index >= 15 is 0 Å². The van der Waals surface area contributed by atoms with Gasteiger partial charge in [-0.3, -0.25) is 9.97 Å². The van der Waals surface area contributed by atoms with Crippen LogP contribution in [-0.2, 0) is 6.42 Å². The Morgan fingerprint density at radius 2 is 1.72 bits per heavy atom. The molecule has 0 saturated carbocycles. The highest BCUT2D eigenvalue weighted by Crippen LogP contribution is 2.17. The van der Waals surface area contributed by atoms with Crippen molar-refractivity contribution in [1.29, 1.82) is 0 Å². The van der Waals surface area contributed by atoms with Crippen molar-refractivity contribution in [2.24, 2.45) is 0 Å². The molecule has 0 bridgehead atoms. The normalized spacial score (nSPS) is 15.7.